The fourth-order valence-corrected chi connectivity index (χ4v) is 4.48. The molecule has 2 atom stereocenters. The molecule has 1 amide bonds. The van der Waals surface area contributed by atoms with Crippen LogP contribution in [0.2, 0.25) is 0 Å². The number of aliphatic hydroxyl groups is 1. The number of carbonyl (C=O) groups excluding carboxylic acids is 2. The maximum absolute atomic E-state index is 13.2. The van der Waals surface area contributed by atoms with Crippen molar-refractivity contribution in [2.45, 2.75) is 45.3 Å². The third-order valence-electron chi connectivity index (χ3n) is 6.19. The molecule has 1 N–H and O–H groups in total. The van der Waals surface area contributed by atoms with E-state index in [1.54, 1.807) is 19.2 Å². The van der Waals surface area contributed by atoms with Gasteiger partial charge in [0, 0.05) is 25.6 Å². The smallest absolute Gasteiger partial charge is 0.295 e. The van der Waals surface area contributed by atoms with Crippen LogP contribution in [0.4, 0.5) is 0 Å². The number of methoxy groups -OCH3 is 1. The van der Waals surface area contributed by atoms with Crippen LogP contribution in [0.25, 0.3) is 5.76 Å². The number of hydrogen-bond acceptors (Lipinski definition) is 6. The van der Waals surface area contributed by atoms with Crippen LogP contribution in [0.15, 0.2) is 48.0 Å². The van der Waals surface area contributed by atoms with E-state index in [9.17, 15) is 14.7 Å². The van der Waals surface area contributed by atoms with Crippen LogP contribution in [0.3, 0.4) is 0 Å². The molecule has 1 fully saturated rings. The standard InChI is InChI=1S/C27H31NO6/c1-4-5-12-33-21-8-6-7-18(16-21)24-23(26(30)27(31)28(24)11-13-32-3)25(29)19-9-10-22-20(15-19)14-17(2)34-22/h6-10,15-17,24,29H,4-5,11-14H2,1-3H3. The number of aliphatic hydroxyl groups excluding tert-OH is 1. The Kier molecular flexibility index (Phi) is 7.22. The summed E-state index contributed by atoms with van der Waals surface area (Å²) >= 11 is 0. The highest BCUT2D eigenvalue weighted by atomic mass is 16.5. The predicted molar refractivity (Wildman–Crippen MR) is 128 cm³/mol. The lowest BCUT2D eigenvalue weighted by Gasteiger charge is -2.25. The fourth-order valence-electron chi connectivity index (χ4n) is 4.48. The van der Waals surface area contributed by atoms with Crippen LogP contribution in [-0.2, 0) is 20.7 Å². The molecule has 0 spiro atoms. The molecular weight excluding hydrogens is 434 g/mol. The first-order valence-corrected chi connectivity index (χ1v) is 11.7. The van der Waals surface area contributed by atoms with Crippen molar-refractivity contribution in [3.63, 3.8) is 0 Å². The van der Waals surface area contributed by atoms with Crippen molar-refractivity contribution in [2.75, 3.05) is 26.9 Å². The molecule has 0 radical (unpaired) electrons. The van der Waals surface area contributed by atoms with Crippen LogP contribution >= 0.6 is 0 Å². The topological polar surface area (TPSA) is 85.3 Å². The minimum Gasteiger partial charge on any atom is -0.507 e. The summed E-state index contributed by atoms with van der Waals surface area (Å²) in [6.07, 6.45) is 2.72. The van der Waals surface area contributed by atoms with E-state index in [0.29, 0.717) is 23.5 Å². The normalized spacial score (nSPS) is 21.0. The zero-order chi connectivity index (χ0) is 24.2. The van der Waals surface area contributed by atoms with Gasteiger partial charge in [0.05, 0.1) is 24.8 Å². The number of nitrogens with zero attached hydrogens (tertiary/aromatic N) is 1. The molecule has 0 aromatic heterocycles. The van der Waals surface area contributed by atoms with Gasteiger partial charge in [0.1, 0.15) is 23.4 Å². The highest BCUT2D eigenvalue weighted by Crippen LogP contribution is 2.41. The van der Waals surface area contributed by atoms with E-state index in [1.165, 1.54) is 4.90 Å². The molecule has 7 nitrogen and oxygen atoms in total. The average Bonchev–Trinajstić information content (AvgIpc) is 3.33. The second kappa shape index (κ2) is 10.3. The monoisotopic (exact) mass is 465 g/mol. The summed E-state index contributed by atoms with van der Waals surface area (Å²) in [7, 11) is 1.54. The second-order valence-electron chi connectivity index (χ2n) is 8.71. The van der Waals surface area contributed by atoms with Gasteiger partial charge in [-0.15, -0.1) is 0 Å². The number of ether oxygens (including phenoxy) is 3. The van der Waals surface area contributed by atoms with Crippen molar-refractivity contribution in [1.82, 2.24) is 4.90 Å². The highest BCUT2D eigenvalue weighted by molar-refractivity contribution is 6.46. The first-order valence-electron chi connectivity index (χ1n) is 11.7. The van der Waals surface area contributed by atoms with Crippen LogP contribution < -0.4 is 9.47 Å². The van der Waals surface area contributed by atoms with Gasteiger partial charge >= 0.3 is 0 Å². The van der Waals surface area contributed by atoms with Gasteiger partial charge in [-0.1, -0.05) is 25.5 Å². The third-order valence-corrected chi connectivity index (χ3v) is 6.19. The molecule has 1 saturated heterocycles. The van der Waals surface area contributed by atoms with E-state index in [1.807, 2.05) is 37.3 Å². The van der Waals surface area contributed by atoms with Gasteiger partial charge in [-0.2, -0.15) is 0 Å². The first kappa shape index (κ1) is 23.8. The number of ketones is 1. The molecule has 0 saturated carbocycles. The second-order valence-corrected chi connectivity index (χ2v) is 8.71. The van der Waals surface area contributed by atoms with E-state index < -0.39 is 17.7 Å². The van der Waals surface area contributed by atoms with Gasteiger partial charge in [0.25, 0.3) is 11.7 Å². The number of amides is 1. The van der Waals surface area contributed by atoms with Crippen molar-refractivity contribution < 1.29 is 28.9 Å². The Labute approximate surface area is 199 Å². The van der Waals surface area contributed by atoms with Crippen LogP contribution in [-0.4, -0.2) is 54.7 Å². The Balaban J connectivity index is 1.77. The van der Waals surface area contributed by atoms with Crippen LogP contribution in [0, 0.1) is 0 Å². The van der Waals surface area contributed by atoms with E-state index in [2.05, 4.69) is 6.92 Å². The molecule has 34 heavy (non-hydrogen) atoms. The van der Waals surface area contributed by atoms with Crippen molar-refractivity contribution in [2.24, 2.45) is 0 Å². The fraction of sp³-hybridized carbons (Fsp3) is 0.407. The molecule has 7 heteroatoms. The van der Waals surface area contributed by atoms with Crippen molar-refractivity contribution in [3.05, 3.63) is 64.7 Å². The van der Waals surface area contributed by atoms with Crippen molar-refractivity contribution >= 4 is 17.4 Å². The van der Waals surface area contributed by atoms with Gasteiger partial charge < -0.3 is 24.2 Å². The predicted octanol–water partition coefficient (Wildman–Crippen LogP) is 4.26. The number of carbonyl (C=O) groups is 2. The summed E-state index contributed by atoms with van der Waals surface area (Å²) in [4.78, 5) is 27.6. The molecule has 180 valence electrons. The van der Waals surface area contributed by atoms with Gasteiger partial charge in [-0.3, -0.25) is 9.59 Å². The molecule has 0 aliphatic carbocycles. The number of unbranched alkanes of at least 4 members (excludes halogenated alkanes) is 1. The van der Waals surface area contributed by atoms with Gasteiger partial charge in [0.15, 0.2) is 0 Å². The Bertz CT molecular complexity index is 1110. The lowest BCUT2D eigenvalue weighted by atomic mass is 9.94. The summed E-state index contributed by atoms with van der Waals surface area (Å²) in [6, 6.07) is 12.0. The van der Waals surface area contributed by atoms with Crippen LogP contribution in [0.1, 0.15) is 49.4 Å². The Hall–Kier alpha value is -3.32. The van der Waals surface area contributed by atoms with E-state index in [4.69, 9.17) is 14.2 Å². The third kappa shape index (κ3) is 4.66. The molecule has 2 aliphatic rings. The number of likely N-dealkylation sites (tertiary alicyclic amines) is 1. The average molecular weight is 466 g/mol. The van der Waals surface area contributed by atoms with Crippen molar-refractivity contribution in [1.29, 1.82) is 0 Å². The van der Waals surface area contributed by atoms with Gasteiger partial charge in [0.2, 0.25) is 0 Å². The highest BCUT2D eigenvalue weighted by Gasteiger charge is 2.46. The van der Waals surface area contributed by atoms with Gasteiger partial charge in [-0.05, 0) is 54.8 Å². The number of fused-ring (bicyclic) bond motifs is 1. The first-order chi connectivity index (χ1) is 16.4. The molecule has 4 rings (SSSR count). The summed E-state index contributed by atoms with van der Waals surface area (Å²) < 4.78 is 16.8. The maximum Gasteiger partial charge on any atom is 0.295 e. The molecule has 2 aromatic rings. The zero-order valence-electron chi connectivity index (χ0n) is 19.9. The van der Waals surface area contributed by atoms with Crippen molar-refractivity contribution in [3.8, 4) is 11.5 Å². The van der Waals surface area contributed by atoms with E-state index in [0.717, 1.165) is 30.6 Å². The summed E-state index contributed by atoms with van der Waals surface area (Å²) in [5.41, 5.74) is 2.22. The number of hydrogen-bond donors (Lipinski definition) is 1. The molecule has 2 heterocycles. The SMILES string of the molecule is CCCCOc1cccc(C2C(=C(O)c3ccc4c(c3)CC(C)O4)C(=O)C(=O)N2CCOC)c1. The summed E-state index contributed by atoms with van der Waals surface area (Å²) in [6.45, 7) is 5.15. The summed E-state index contributed by atoms with van der Waals surface area (Å²) in [5, 5.41) is 11.3. The number of Topliss-reactive ketones (excluding diaryl/α,β-unsaturated/α-hetero) is 1. The van der Waals surface area contributed by atoms with E-state index in [-0.39, 0.29) is 30.6 Å². The largest absolute Gasteiger partial charge is 0.507 e. The quantitative estimate of drug-likeness (QED) is 0.258. The zero-order valence-corrected chi connectivity index (χ0v) is 19.9. The minimum atomic E-state index is -0.742. The van der Waals surface area contributed by atoms with Crippen LogP contribution in [0.5, 0.6) is 11.5 Å². The Morgan fingerprint density at radius 1 is 1.18 bits per heavy atom. The Morgan fingerprint density at radius 2 is 2.00 bits per heavy atom. The molecule has 2 unspecified atom stereocenters. The maximum atomic E-state index is 13.2. The lowest BCUT2D eigenvalue weighted by Crippen LogP contribution is -2.32. The lowest BCUT2D eigenvalue weighted by molar-refractivity contribution is -0.140. The summed E-state index contributed by atoms with van der Waals surface area (Å²) in [5.74, 6) is -0.118. The molecule has 2 aliphatic heterocycles. The Morgan fingerprint density at radius 3 is 2.76 bits per heavy atom. The molecule has 0 bridgehead atoms. The van der Waals surface area contributed by atoms with E-state index >= 15 is 0 Å². The van der Waals surface area contributed by atoms with Gasteiger partial charge in [-0.25, -0.2) is 0 Å². The minimum absolute atomic E-state index is 0.0578. The molecular formula is C27H31NO6. The molecule has 2 aromatic carbocycles. The number of rotatable bonds is 9. The number of benzene rings is 2.